The molecule has 0 amide bonds. The van der Waals surface area contributed by atoms with Crippen LogP contribution < -0.4 is 0 Å². The summed E-state index contributed by atoms with van der Waals surface area (Å²) in [4.78, 5) is 22.3. The average molecular weight is 428 g/mol. The molecule has 2 rings (SSSR count). The number of carboxylic acid groups (broad SMARTS) is 2. The van der Waals surface area contributed by atoms with Crippen LogP contribution in [0.2, 0.25) is 0 Å². The normalized spacial score (nSPS) is 10.4. The average Bonchev–Trinajstić information content (AvgIpc) is 2.52. The number of hydrogen-bond acceptors (Lipinski definition) is 2. The van der Waals surface area contributed by atoms with E-state index in [1.165, 1.54) is 0 Å². The van der Waals surface area contributed by atoms with Crippen LogP contribution in [0, 0.1) is 0 Å². The maximum absolute atomic E-state index is 11.1. The Kier molecular flexibility index (Phi) is 6.22. The summed E-state index contributed by atoms with van der Waals surface area (Å²) < 4.78 is 0. The van der Waals surface area contributed by atoms with Crippen molar-refractivity contribution in [1.82, 2.24) is 0 Å². The summed E-state index contributed by atoms with van der Waals surface area (Å²) in [7, 11) is 0. The number of aromatic carboxylic acids is 2. The van der Waals surface area contributed by atoms with E-state index in [9.17, 15) is 9.59 Å². The van der Waals surface area contributed by atoms with E-state index in [2.05, 4.69) is 0 Å². The van der Waals surface area contributed by atoms with Crippen molar-refractivity contribution in [1.29, 1.82) is 0 Å². The molecule has 0 saturated carbocycles. The maximum atomic E-state index is 11.1. The fourth-order valence-corrected chi connectivity index (χ4v) is 8.44. The number of carboxylic acids is 2. The molecule has 2 aromatic rings. The molecule has 0 saturated heterocycles. The molecule has 2 aromatic carbocycles. The molecule has 0 heterocycles. The van der Waals surface area contributed by atoms with Gasteiger partial charge in [0.2, 0.25) is 0 Å². The van der Waals surface area contributed by atoms with Crippen molar-refractivity contribution in [3.8, 4) is 0 Å². The van der Waals surface area contributed by atoms with Crippen LogP contribution in [0.25, 0.3) is 0 Å². The molecular weight excluding hydrogens is 414 g/mol. The van der Waals surface area contributed by atoms with Crippen LogP contribution >= 0.6 is 0 Å². The Labute approximate surface area is 139 Å². The van der Waals surface area contributed by atoms with Crippen molar-refractivity contribution in [3.05, 3.63) is 70.8 Å². The first-order valence-corrected chi connectivity index (χ1v) is 13.2. The van der Waals surface area contributed by atoms with Gasteiger partial charge in [-0.15, -0.1) is 0 Å². The first-order chi connectivity index (χ1) is 10.6. The molecular formula is C16H14O4Se2. The molecule has 2 N–H and O–H groups in total. The molecule has 0 unspecified atom stereocenters. The third-order valence-electron chi connectivity index (χ3n) is 3.01. The molecule has 0 aliphatic heterocycles. The molecule has 0 aromatic heterocycles. The van der Waals surface area contributed by atoms with Crippen LogP contribution in [0.15, 0.2) is 48.5 Å². The molecule has 0 fully saturated rings. The molecule has 6 heteroatoms. The van der Waals surface area contributed by atoms with E-state index in [0.29, 0.717) is 37.4 Å². The van der Waals surface area contributed by atoms with E-state index in [1.54, 1.807) is 24.3 Å². The van der Waals surface area contributed by atoms with Crippen molar-refractivity contribution < 1.29 is 19.8 Å². The summed E-state index contributed by atoms with van der Waals surface area (Å²) in [5.74, 6) is -1.79. The molecule has 0 spiro atoms. The molecule has 0 radical (unpaired) electrons. The van der Waals surface area contributed by atoms with Gasteiger partial charge in [0.1, 0.15) is 0 Å². The van der Waals surface area contributed by atoms with Gasteiger partial charge in [-0.2, -0.15) is 0 Å². The summed E-state index contributed by atoms with van der Waals surface area (Å²) in [5.41, 5.74) is 2.46. The van der Waals surface area contributed by atoms with Crippen molar-refractivity contribution in [2.24, 2.45) is 0 Å². The number of rotatable bonds is 7. The predicted molar refractivity (Wildman–Crippen MR) is 85.7 cm³/mol. The van der Waals surface area contributed by atoms with Gasteiger partial charge in [-0.1, -0.05) is 0 Å². The van der Waals surface area contributed by atoms with Gasteiger partial charge in [0, 0.05) is 0 Å². The standard InChI is InChI=1S/C16H14O4Se2/c17-15(18)13-7-3-1-5-11(13)9-21-22-10-12-6-2-4-8-14(12)16(19)20/h1-8H,9-10H2,(H,17,18)(H,19,20). The zero-order chi connectivity index (χ0) is 15.9. The Morgan fingerprint density at radius 2 is 1.09 bits per heavy atom. The zero-order valence-electron chi connectivity index (χ0n) is 11.6. The van der Waals surface area contributed by atoms with Gasteiger partial charge in [-0.3, -0.25) is 0 Å². The molecule has 0 aliphatic rings. The van der Waals surface area contributed by atoms with Crippen molar-refractivity contribution in [2.45, 2.75) is 10.6 Å². The van der Waals surface area contributed by atoms with E-state index >= 15 is 0 Å². The van der Waals surface area contributed by atoms with Crippen LogP contribution in [0.1, 0.15) is 31.8 Å². The van der Waals surface area contributed by atoms with Gasteiger partial charge in [0.15, 0.2) is 0 Å². The Morgan fingerprint density at radius 1 is 0.727 bits per heavy atom. The van der Waals surface area contributed by atoms with Crippen LogP contribution in [-0.2, 0) is 10.6 Å². The fraction of sp³-hybridized carbons (Fsp3) is 0.125. The van der Waals surface area contributed by atoms with Crippen molar-refractivity contribution in [3.63, 3.8) is 0 Å². The third-order valence-corrected chi connectivity index (χ3v) is 9.54. The number of carbonyl (C=O) groups is 2. The van der Waals surface area contributed by atoms with Crippen LogP contribution in [0.5, 0.6) is 0 Å². The van der Waals surface area contributed by atoms with E-state index < -0.39 is 11.9 Å². The van der Waals surface area contributed by atoms with Crippen LogP contribution in [0.4, 0.5) is 0 Å². The van der Waals surface area contributed by atoms with Crippen LogP contribution in [-0.4, -0.2) is 48.4 Å². The van der Waals surface area contributed by atoms with Gasteiger partial charge < -0.3 is 0 Å². The second kappa shape index (κ2) is 8.16. The zero-order valence-corrected chi connectivity index (χ0v) is 15.0. The van der Waals surface area contributed by atoms with Crippen molar-refractivity contribution in [2.75, 3.05) is 0 Å². The summed E-state index contributed by atoms with van der Waals surface area (Å²) >= 11 is 0.592. The van der Waals surface area contributed by atoms with E-state index in [4.69, 9.17) is 10.2 Å². The molecule has 114 valence electrons. The van der Waals surface area contributed by atoms with Gasteiger partial charge in [-0.05, 0) is 0 Å². The summed E-state index contributed by atoms with van der Waals surface area (Å²) in [6, 6.07) is 14.1. The van der Waals surface area contributed by atoms with Gasteiger partial charge >= 0.3 is 139 Å². The summed E-state index contributed by atoms with van der Waals surface area (Å²) in [6.45, 7) is 0. The number of benzene rings is 2. The van der Waals surface area contributed by atoms with Gasteiger partial charge in [0.25, 0.3) is 0 Å². The summed E-state index contributed by atoms with van der Waals surface area (Å²) in [5, 5.41) is 19.8. The molecule has 0 aliphatic carbocycles. The molecule has 0 atom stereocenters. The Bertz CT molecular complexity index is 626. The third kappa shape index (κ3) is 4.45. The predicted octanol–water partition coefficient (Wildman–Crippen LogP) is 2.11. The monoisotopic (exact) mass is 430 g/mol. The van der Waals surface area contributed by atoms with Crippen molar-refractivity contribution >= 4 is 38.2 Å². The second-order valence-electron chi connectivity index (χ2n) is 4.45. The van der Waals surface area contributed by atoms with E-state index in [0.717, 1.165) is 21.8 Å². The fourth-order valence-electron chi connectivity index (χ4n) is 1.92. The molecule has 0 bridgehead atoms. The second-order valence-corrected chi connectivity index (χ2v) is 11.8. The number of hydrogen-bond donors (Lipinski definition) is 2. The van der Waals surface area contributed by atoms with E-state index in [1.807, 2.05) is 24.3 Å². The summed E-state index contributed by atoms with van der Waals surface area (Å²) in [6.07, 6.45) is 0. The minimum atomic E-state index is -0.893. The minimum absolute atomic E-state index is 0.296. The van der Waals surface area contributed by atoms with Crippen LogP contribution in [0.3, 0.4) is 0 Å². The van der Waals surface area contributed by atoms with E-state index in [-0.39, 0.29) is 0 Å². The molecule has 4 nitrogen and oxygen atoms in total. The Morgan fingerprint density at radius 3 is 1.45 bits per heavy atom. The molecule has 22 heavy (non-hydrogen) atoms. The quantitative estimate of drug-likeness (QED) is 0.524. The Balaban J connectivity index is 1.93. The topological polar surface area (TPSA) is 74.6 Å². The first kappa shape index (κ1) is 16.8. The van der Waals surface area contributed by atoms with Gasteiger partial charge in [-0.25, -0.2) is 0 Å². The Hall–Kier alpha value is -1.58. The SMILES string of the molecule is O=C(O)c1ccccc1C[Se][Se]Cc1ccccc1C(=O)O. The first-order valence-electron chi connectivity index (χ1n) is 6.46. The van der Waals surface area contributed by atoms with Gasteiger partial charge in [0.05, 0.1) is 0 Å².